The molecule has 260 valence electrons. The maximum atomic E-state index is 11.9. The summed E-state index contributed by atoms with van der Waals surface area (Å²) in [5.41, 5.74) is 4.73. The van der Waals surface area contributed by atoms with Crippen molar-refractivity contribution in [1.82, 2.24) is 9.78 Å². The highest BCUT2D eigenvalue weighted by Gasteiger charge is 2.20. The molecule has 50 heavy (non-hydrogen) atoms. The first-order valence-corrected chi connectivity index (χ1v) is 15.6. The molecule has 12 nitrogen and oxygen atoms in total. The first-order valence-electron chi connectivity index (χ1n) is 15.2. The summed E-state index contributed by atoms with van der Waals surface area (Å²) in [6.45, 7) is 2.49. The van der Waals surface area contributed by atoms with E-state index < -0.39 is 12.1 Å². The Kier molecular flexibility index (Phi) is 13.8. The lowest BCUT2D eigenvalue weighted by atomic mass is 10.0. The van der Waals surface area contributed by atoms with E-state index in [1.165, 1.54) is 28.4 Å². The molecular weight excluding hydrogens is 664 g/mol. The maximum absolute atomic E-state index is 11.9. The van der Waals surface area contributed by atoms with Gasteiger partial charge in [0.05, 0.1) is 32.7 Å². The van der Waals surface area contributed by atoms with Crippen LogP contribution in [0.15, 0.2) is 114 Å². The number of rotatable bonds is 12. The summed E-state index contributed by atoms with van der Waals surface area (Å²) in [4.78, 5) is 33.7. The highest BCUT2D eigenvalue weighted by molar-refractivity contribution is 6.43. The fraction of sp³-hybridized carbons (Fsp3) is 0.189. The summed E-state index contributed by atoms with van der Waals surface area (Å²) in [5, 5.41) is 9.89. The number of hydroxylamine groups is 1. The number of hydrogen-bond donors (Lipinski definition) is 0. The normalized spacial score (nSPS) is 10.7. The SMILES string of the molecule is CO/N=C(/C(=O)OC)c1ccccc1COc1ccccc1C.COC(=O)N(OC)c1ccccc1COc1ccn(-c2ccc(Cl)cc2)n1. The summed E-state index contributed by atoms with van der Waals surface area (Å²) in [6.07, 6.45) is 1.16. The molecule has 0 saturated carbocycles. The number of hydrogen-bond acceptors (Lipinski definition) is 10. The summed E-state index contributed by atoms with van der Waals surface area (Å²) in [7, 11) is 5.37. The van der Waals surface area contributed by atoms with Gasteiger partial charge in [0.15, 0.2) is 5.71 Å². The molecule has 0 radical (unpaired) electrons. The lowest BCUT2D eigenvalue weighted by Crippen LogP contribution is -2.30. The van der Waals surface area contributed by atoms with E-state index in [1.807, 2.05) is 73.7 Å². The zero-order valence-corrected chi connectivity index (χ0v) is 29.0. The van der Waals surface area contributed by atoms with Gasteiger partial charge in [0.2, 0.25) is 5.88 Å². The first kappa shape index (κ1) is 37.0. The molecule has 5 aromatic rings. The fourth-order valence-electron chi connectivity index (χ4n) is 4.59. The molecule has 0 atom stereocenters. The second-order valence-corrected chi connectivity index (χ2v) is 10.7. The van der Waals surface area contributed by atoms with E-state index in [1.54, 1.807) is 47.3 Å². The number of ether oxygens (including phenoxy) is 4. The number of methoxy groups -OCH3 is 2. The second kappa shape index (κ2) is 18.6. The minimum Gasteiger partial charge on any atom is -0.489 e. The predicted molar refractivity (Wildman–Crippen MR) is 189 cm³/mol. The van der Waals surface area contributed by atoms with Gasteiger partial charge in [0.25, 0.3) is 0 Å². The number of esters is 1. The van der Waals surface area contributed by atoms with E-state index in [0.29, 0.717) is 28.8 Å². The molecule has 5 rings (SSSR count). The number of aromatic nitrogens is 2. The van der Waals surface area contributed by atoms with E-state index in [2.05, 4.69) is 10.3 Å². The summed E-state index contributed by atoms with van der Waals surface area (Å²) < 4.78 is 22.8. The molecule has 0 spiro atoms. The zero-order chi connectivity index (χ0) is 35.9. The molecule has 1 aromatic heterocycles. The van der Waals surface area contributed by atoms with Gasteiger partial charge >= 0.3 is 12.1 Å². The van der Waals surface area contributed by atoms with Gasteiger partial charge in [0.1, 0.15) is 26.1 Å². The van der Waals surface area contributed by atoms with Crippen molar-refractivity contribution in [1.29, 1.82) is 0 Å². The van der Waals surface area contributed by atoms with Gasteiger partial charge in [0, 0.05) is 28.4 Å². The van der Waals surface area contributed by atoms with Gasteiger partial charge in [-0.15, -0.1) is 5.10 Å². The van der Waals surface area contributed by atoms with Crippen LogP contribution in [0.2, 0.25) is 5.02 Å². The third-order valence-electron chi connectivity index (χ3n) is 7.08. The van der Waals surface area contributed by atoms with Crippen LogP contribution in [-0.2, 0) is 37.2 Å². The fourth-order valence-corrected chi connectivity index (χ4v) is 4.72. The van der Waals surface area contributed by atoms with E-state index in [4.69, 9.17) is 40.2 Å². The average molecular weight is 701 g/mol. The minimum absolute atomic E-state index is 0.110. The lowest BCUT2D eigenvalue weighted by molar-refractivity contribution is -0.132. The smallest absolute Gasteiger partial charge is 0.438 e. The average Bonchev–Trinajstić information content (AvgIpc) is 3.63. The number of carbonyl (C=O) groups is 2. The molecule has 0 N–H and O–H groups in total. The molecule has 0 saturated heterocycles. The molecule has 13 heteroatoms. The molecule has 1 amide bonds. The Morgan fingerprint density at radius 1 is 0.780 bits per heavy atom. The van der Waals surface area contributed by atoms with Crippen molar-refractivity contribution in [2.75, 3.05) is 33.5 Å². The molecule has 1 heterocycles. The molecule has 4 aromatic carbocycles. The van der Waals surface area contributed by atoms with Crippen molar-refractivity contribution >= 4 is 35.1 Å². The Morgan fingerprint density at radius 3 is 2.12 bits per heavy atom. The van der Waals surface area contributed by atoms with Gasteiger partial charge in [-0.2, -0.15) is 5.06 Å². The second-order valence-electron chi connectivity index (χ2n) is 10.3. The summed E-state index contributed by atoms with van der Waals surface area (Å²) in [5.74, 6) is 0.683. The third kappa shape index (κ3) is 9.84. The minimum atomic E-state index is -0.628. The van der Waals surface area contributed by atoms with Crippen LogP contribution >= 0.6 is 11.6 Å². The number of halogens is 1. The van der Waals surface area contributed by atoms with Crippen LogP contribution in [0.3, 0.4) is 0 Å². The molecule has 0 bridgehead atoms. The zero-order valence-electron chi connectivity index (χ0n) is 28.2. The predicted octanol–water partition coefficient (Wildman–Crippen LogP) is 7.34. The topological polar surface area (TPSA) is 123 Å². The van der Waals surface area contributed by atoms with Crippen LogP contribution in [0.25, 0.3) is 5.69 Å². The Bertz CT molecular complexity index is 1890. The number of carbonyl (C=O) groups excluding carboxylic acids is 2. The maximum Gasteiger partial charge on any atom is 0.438 e. The van der Waals surface area contributed by atoms with E-state index in [0.717, 1.165) is 33.2 Å². The quantitative estimate of drug-likeness (QED) is 0.0747. The van der Waals surface area contributed by atoms with Crippen LogP contribution in [0.1, 0.15) is 22.3 Å². The molecular formula is C37H37ClN4O8. The van der Waals surface area contributed by atoms with Crippen molar-refractivity contribution in [2.24, 2.45) is 5.16 Å². The van der Waals surface area contributed by atoms with Gasteiger partial charge in [-0.1, -0.05) is 77.4 Å². The van der Waals surface area contributed by atoms with Gasteiger partial charge in [-0.05, 0) is 54.4 Å². The van der Waals surface area contributed by atoms with Gasteiger partial charge in [-0.25, -0.2) is 14.3 Å². The van der Waals surface area contributed by atoms with Gasteiger partial charge in [-0.3, -0.25) is 4.84 Å². The molecule has 0 unspecified atom stereocenters. The number of amides is 1. The molecule has 0 fully saturated rings. The van der Waals surface area contributed by atoms with Crippen molar-refractivity contribution in [3.63, 3.8) is 0 Å². The Labute approximate surface area is 295 Å². The van der Waals surface area contributed by atoms with E-state index in [-0.39, 0.29) is 12.3 Å². The van der Waals surface area contributed by atoms with Crippen LogP contribution < -0.4 is 14.5 Å². The van der Waals surface area contributed by atoms with E-state index >= 15 is 0 Å². The van der Waals surface area contributed by atoms with Gasteiger partial charge < -0.3 is 23.8 Å². The number of anilines is 1. The highest BCUT2D eigenvalue weighted by Crippen LogP contribution is 2.24. The summed E-state index contributed by atoms with van der Waals surface area (Å²) >= 11 is 5.91. The largest absolute Gasteiger partial charge is 0.489 e. The van der Waals surface area contributed by atoms with Crippen molar-refractivity contribution < 1.29 is 38.2 Å². The Morgan fingerprint density at radius 2 is 1.44 bits per heavy atom. The van der Waals surface area contributed by atoms with E-state index in [9.17, 15) is 9.59 Å². The molecule has 0 aliphatic heterocycles. The van der Waals surface area contributed by atoms with Crippen molar-refractivity contribution in [3.05, 3.63) is 137 Å². The monoisotopic (exact) mass is 700 g/mol. The first-order chi connectivity index (χ1) is 24.3. The highest BCUT2D eigenvalue weighted by atomic mass is 35.5. The van der Waals surface area contributed by atoms with Crippen LogP contribution in [0.4, 0.5) is 10.5 Å². The molecule has 0 aliphatic rings. The number of aryl methyl sites for hydroxylation is 1. The number of oxime groups is 1. The lowest BCUT2D eigenvalue weighted by Gasteiger charge is -2.20. The van der Waals surface area contributed by atoms with Crippen LogP contribution in [0, 0.1) is 6.92 Å². The van der Waals surface area contributed by atoms with Crippen molar-refractivity contribution in [2.45, 2.75) is 20.1 Å². The van der Waals surface area contributed by atoms with Crippen LogP contribution in [0.5, 0.6) is 11.6 Å². The summed E-state index contributed by atoms with van der Waals surface area (Å²) in [6, 6.07) is 31.4. The van der Waals surface area contributed by atoms with Crippen molar-refractivity contribution in [3.8, 4) is 17.3 Å². The Hall–Kier alpha value is -5.85. The number of nitrogens with zero attached hydrogens (tertiary/aromatic N) is 4. The standard InChI is InChI=1S/C19H18ClN3O4.C18H19NO4/c1-25-19(24)23(26-2)17-6-4-3-5-14(17)13-27-18-11-12-22(21-18)16-9-7-15(20)8-10-16;1-13-8-4-7-11-16(13)23-12-14-9-5-6-10-15(14)17(19-22-3)18(20)21-2/h3-12H,13H2,1-2H3;4-11H,12H2,1-3H3/b;19-17+. The third-order valence-corrected chi connectivity index (χ3v) is 7.33. The number of benzene rings is 4. The van der Waals surface area contributed by atoms with Crippen LogP contribution in [-0.4, -0.2) is 56.0 Å². The number of para-hydroxylation sites is 2. The Balaban J connectivity index is 0.000000228. The molecule has 0 aliphatic carbocycles.